The Hall–Kier alpha value is -3.19. The molecule has 0 bridgehead atoms. The van der Waals surface area contributed by atoms with Gasteiger partial charge in [0.05, 0.1) is 5.69 Å². The molecule has 2 aromatic carbocycles. The third kappa shape index (κ3) is 4.68. The number of rotatable bonds is 7. The van der Waals surface area contributed by atoms with Gasteiger partial charge in [-0.05, 0) is 55.7 Å². The molecule has 0 atom stereocenters. The lowest BCUT2D eigenvalue weighted by Crippen LogP contribution is -2.38. The van der Waals surface area contributed by atoms with Crippen LogP contribution in [0.5, 0.6) is 0 Å². The fraction of sp³-hybridized carbons (Fsp3) is 0.217. The van der Waals surface area contributed by atoms with E-state index in [1.165, 1.54) is 18.5 Å². The van der Waals surface area contributed by atoms with Gasteiger partial charge in [-0.15, -0.1) is 0 Å². The van der Waals surface area contributed by atoms with Crippen molar-refractivity contribution in [3.63, 3.8) is 0 Å². The summed E-state index contributed by atoms with van der Waals surface area (Å²) in [5.74, 6) is -0.410. The highest BCUT2D eigenvalue weighted by Gasteiger charge is 2.27. The molecule has 0 saturated heterocycles. The quantitative estimate of drug-likeness (QED) is 0.621. The molecule has 0 saturated carbocycles. The average Bonchev–Trinajstić information content (AvgIpc) is 2.75. The van der Waals surface area contributed by atoms with Gasteiger partial charge in [-0.25, -0.2) is 8.42 Å². The molecule has 1 aromatic heterocycles. The van der Waals surface area contributed by atoms with E-state index in [0.29, 0.717) is 5.69 Å². The zero-order valence-corrected chi connectivity index (χ0v) is 18.1. The minimum absolute atomic E-state index is 0.0310. The molecule has 0 aliphatic rings. The number of pyridine rings is 1. The number of carbonyl (C=O) groups is 1. The summed E-state index contributed by atoms with van der Waals surface area (Å²) in [5.41, 5.74) is 4.07. The maximum absolute atomic E-state index is 13.3. The highest BCUT2D eigenvalue weighted by molar-refractivity contribution is 7.92. The summed E-state index contributed by atoms with van der Waals surface area (Å²) in [4.78, 5) is 16.9. The molecule has 6 nitrogen and oxygen atoms in total. The number of aryl methyl sites for hydroxylation is 3. The molecule has 3 rings (SSSR count). The van der Waals surface area contributed by atoms with E-state index in [2.05, 4.69) is 10.3 Å². The summed E-state index contributed by atoms with van der Waals surface area (Å²) in [6, 6.07) is 15.9. The Bertz CT molecular complexity index is 1130. The van der Waals surface area contributed by atoms with Gasteiger partial charge in [0.2, 0.25) is 5.91 Å². The summed E-state index contributed by atoms with van der Waals surface area (Å²) in [6.07, 6.45) is 3.55. The van der Waals surface area contributed by atoms with Gasteiger partial charge in [-0.2, -0.15) is 0 Å². The molecule has 156 valence electrons. The van der Waals surface area contributed by atoms with Crippen LogP contribution < -0.4 is 9.62 Å². The molecule has 1 N–H and O–H groups in total. The lowest BCUT2D eigenvalue weighted by Gasteiger charge is -2.24. The number of benzene rings is 2. The van der Waals surface area contributed by atoms with Crippen molar-refractivity contribution >= 4 is 27.3 Å². The number of sulfonamides is 1. The van der Waals surface area contributed by atoms with Crippen LogP contribution in [-0.2, 0) is 21.2 Å². The van der Waals surface area contributed by atoms with E-state index in [9.17, 15) is 13.2 Å². The second-order valence-electron chi connectivity index (χ2n) is 7.05. The second-order valence-corrected chi connectivity index (χ2v) is 8.91. The first-order valence-corrected chi connectivity index (χ1v) is 11.1. The highest BCUT2D eigenvalue weighted by atomic mass is 32.2. The normalized spacial score (nSPS) is 11.2. The number of nitrogens with zero attached hydrogens (tertiary/aromatic N) is 2. The number of hydrogen-bond acceptors (Lipinski definition) is 4. The Balaban J connectivity index is 1.96. The summed E-state index contributed by atoms with van der Waals surface area (Å²) < 4.78 is 27.7. The monoisotopic (exact) mass is 423 g/mol. The molecule has 0 aliphatic carbocycles. The average molecular weight is 424 g/mol. The Morgan fingerprint density at radius 2 is 1.77 bits per heavy atom. The minimum Gasteiger partial charge on any atom is -0.324 e. The van der Waals surface area contributed by atoms with Crippen LogP contribution in [-0.4, -0.2) is 25.9 Å². The van der Waals surface area contributed by atoms with E-state index in [-0.39, 0.29) is 11.4 Å². The Morgan fingerprint density at radius 1 is 1.03 bits per heavy atom. The van der Waals surface area contributed by atoms with Crippen molar-refractivity contribution in [1.29, 1.82) is 0 Å². The third-order valence-corrected chi connectivity index (χ3v) is 6.59. The fourth-order valence-electron chi connectivity index (χ4n) is 3.16. The summed E-state index contributed by atoms with van der Waals surface area (Å²) in [7, 11) is -3.97. The number of amides is 1. The van der Waals surface area contributed by atoms with Crippen LogP contribution in [0.2, 0.25) is 0 Å². The molecule has 0 unspecified atom stereocenters. The molecule has 0 fully saturated rings. The molecule has 0 aliphatic heterocycles. The van der Waals surface area contributed by atoms with E-state index in [0.717, 1.165) is 33.1 Å². The largest absolute Gasteiger partial charge is 0.324 e. The number of nitrogens with one attached hydrogen (secondary N) is 1. The molecule has 1 amide bonds. The van der Waals surface area contributed by atoms with E-state index in [1.807, 2.05) is 51.1 Å². The molecule has 3 aromatic rings. The van der Waals surface area contributed by atoms with E-state index in [1.54, 1.807) is 18.2 Å². The number of para-hydroxylation sites is 1. The van der Waals surface area contributed by atoms with E-state index >= 15 is 0 Å². The first kappa shape index (κ1) is 21.5. The van der Waals surface area contributed by atoms with Crippen LogP contribution in [0.1, 0.15) is 23.6 Å². The van der Waals surface area contributed by atoms with Crippen LogP contribution >= 0.6 is 0 Å². The minimum atomic E-state index is -3.97. The van der Waals surface area contributed by atoms with Crippen molar-refractivity contribution in [1.82, 2.24) is 4.98 Å². The van der Waals surface area contributed by atoms with Crippen molar-refractivity contribution in [2.75, 3.05) is 16.2 Å². The topological polar surface area (TPSA) is 79.4 Å². The van der Waals surface area contributed by atoms with Crippen molar-refractivity contribution < 1.29 is 13.2 Å². The van der Waals surface area contributed by atoms with Crippen LogP contribution in [0.25, 0.3) is 0 Å². The molecule has 1 heterocycles. The predicted molar refractivity (Wildman–Crippen MR) is 119 cm³/mol. The summed E-state index contributed by atoms with van der Waals surface area (Å²) >= 11 is 0. The van der Waals surface area contributed by atoms with Gasteiger partial charge in [0, 0.05) is 18.1 Å². The van der Waals surface area contributed by atoms with Crippen LogP contribution in [0.3, 0.4) is 0 Å². The van der Waals surface area contributed by atoms with Crippen molar-refractivity contribution in [2.24, 2.45) is 0 Å². The third-order valence-electron chi connectivity index (χ3n) is 4.84. The van der Waals surface area contributed by atoms with Gasteiger partial charge in [-0.3, -0.25) is 14.1 Å². The summed E-state index contributed by atoms with van der Waals surface area (Å²) in [5, 5.41) is 2.90. The zero-order valence-electron chi connectivity index (χ0n) is 17.3. The summed E-state index contributed by atoms with van der Waals surface area (Å²) in [6.45, 7) is 5.49. The van der Waals surface area contributed by atoms with Crippen molar-refractivity contribution in [3.05, 3.63) is 83.7 Å². The molecule has 0 radical (unpaired) electrons. The number of aromatic nitrogens is 1. The lowest BCUT2D eigenvalue weighted by molar-refractivity contribution is -0.114. The Morgan fingerprint density at radius 3 is 2.40 bits per heavy atom. The second kappa shape index (κ2) is 9.09. The van der Waals surface area contributed by atoms with Gasteiger partial charge in [0.1, 0.15) is 11.4 Å². The zero-order chi connectivity index (χ0) is 21.7. The van der Waals surface area contributed by atoms with Crippen LogP contribution in [0.4, 0.5) is 11.4 Å². The maximum Gasteiger partial charge on any atom is 0.266 e. The van der Waals surface area contributed by atoms with Gasteiger partial charge in [-0.1, -0.05) is 42.8 Å². The maximum atomic E-state index is 13.3. The predicted octanol–water partition coefficient (Wildman–Crippen LogP) is 4.09. The van der Waals surface area contributed by atoms with Crippen LogP contribution in [0, 0.1) is 13.8 Å². The standard InChI is InChI=1S/C23H25N3O3S/c1-4-19-8-5-7-18(3)23(19)25-22(27)16-26(20-12-10-17(2)11-13-20)30(28,29)21-9-6-14-24-15-21/h5-15H,4,16H2,1-3H3,(H,25,27). The van der Waals surface area contributed by atoms with E-state index < -0.39 is 15.9 Å². The number of hydrogen-bond donors (Lipinski definition) is 1. The first-order chi connectivity index (χ1) is 14.3. The van der Waals surface area contributed by atoms with Gasteiger partial charge < -0.3 is 5.32 Å². The van der Waals surface area contributed by atoms with Gasteiger partial charge in [0.25, 0.3) is 10.0 Å². The smallest absolute Gasteiger partial charge is 0.266 e. The van der Waals surface area contributed by atoms with E-state index in [4.69, 9.17) is 0 Å². The van der Waals surface area contributed by atoms with Crippen molar-refractivity contribution in [3.8, 4) is 0 Å². The highest BCUT2D eigenvalue weighted by Crippen LogP contribution is 2.25. The Labute approximate surface area is 177 Å². The molecule has 0 spiro atoms. The van der Waals surface area contributed by atoms with Crippen LogP contribution in [0.15, 0.2) is 71.9 Å². The van der Waals surface area contributed by atoms with Gasteiger partial charge >= 0.3 is 0 Å². The van der Waals surface area contributed by atoms with Gasteiger partial charge in [0.15, 0.2) is 0 Å². The Kier molecular flexibility index (Phi) is 6.52. The number of carbonyl (C=O) groups excluding carboxylic acids is 1. The molecular formula is C23H25N3O3S. The van der Waals surface area contributed by atoms with Crippen molar-refractivity contribution in [2.45, 2.75) is 32.1 Å². The molecular weight excluding hydrogens is 398 g/mol. The molecule has 30 heavy (non-hydrogen) atoms. The molecule has 7 heteroatoms. The number of anilines is 2. The SMILES string of the molecule is CCc1cccc(C)c1NC(=O)CN(c1ccc(C)cc1)S(=O)(=O)c1cccnc1. The first-order valence-electron chi connectivity index (χ1n) is 9.70. The lowest BCUT2D eigenvalue weighted by atomic mass is 10.1. The fourth-order valence-corrected chi connectivity index (χ4v) is 4.55.